The number of amides is 1. The number of nitrogens with one attached hydrogen (secondary N) is 1. The van der Waals surface area contributed by atoms with E-state index < -0.39 is 11.7 Å². The molecule has 0 fully saturated rings. The summed E-state index contributed by atoms with van der Waals surface area (Å²) in [5.74, 6) is 0. The van der Waals surface area contributed by atoms with Gasteiger partial charge in [-0.05, 0) is 47.5 Å². The second-order valence-electron chi connectivity index (χ2n) is 6.68. The summed E-state index contributed by atoms with van der Waals surface area (Å²) in [5, 5.41) is 5.17. The molecule has 0 radical (unpaired) electrons. The van der Waals surface area contributed by atoms with Crippen molar-refractivity contribution in [1.82, 2.24) is 14.5 Å². The van der Waals surface area contributed by atoms with E-state index in [9.17, 15) is 4.79 Å². The molecule has 1 amide bonds. The molecule has 1 N–H and O–H groups in total. The van der Waals surface area contributed by atoms with Gasteiger partial charge in [-0.2, -0.15) is 0 Å². The smallest absolute Gasteiger partial charge is 0.413 e. The van der Waals surface area contributed by atoms with Crippen molar-refractivity contribution in [3.05, 3.63) is 29.3 Å². The number of aryl methyl sites for hydroxylation is 2. The fourth-order valence-electron chi connectivity index (χ4n) is 1.92. The van der Waals surface area contributed by atoms with Crippen molar-refractivity contribution in [2.24, 2.45) is 0 Å². The average molecular weight is 336 g/mol. The summed E-state index contributed by atoms with van der Waals surface area (Å²) in [6, 6.07) is 0.417. The van der Waals surface area contributed by atoms with Crippen molar-refractivity contribution in [2.75, 3.05) is 5.32 Å². The molecule has 2 rings (SSSR count). The minimum absolute atomic E-state index is 0.417. The molecule has 0 saturated heterocycles. The van der Waals surface area contributed by atoms with E-state index in [4.69, 9.17) is 4.74 Å². The lowest BCUT2D eigenvalue weighted by Crippen LogP contribution is -2.27. The van der Waals surface area contributed by atoms with Crippen molar-refractivity contribution in [3.63, 3.8) is 0 Å². The molecule has 0 aromatic carbocycles. The summed E-state index contributed by atoms with van der Waals surface area (Å²) < 4.78 is 7.30. The summed E-state index contributed by atoms with van der Waals surface area (Å²) in [6.07, 6.45) is 5.07. The molecule has 0 saturated carbocycles. The van der Waals surface area contributed by atoms with Crippen LogP contribution in [0.25, 0.3) is 0 Å². The molecule has 0 aliphatic carbocycles. The lowest BCUT2D eigenvalue weighted by molar-refractivity contribution is 0.0636. The third-order valence-corrected chi connectivity index (χ3v) is 3.85. The van der Waals surface area contributed by atoms with Crippen LogP contribution >= 0.6 is 11.3 Å². The minimum Gasteiger partial charge on any atom is -0.444 e. The maximum atomic E-state index is 11.7. The summed E-state index contributed by atoms with van der Waals surface area (Å²) in [6.45, 7) is 9.74. The van der Waals surface area contributed by atoms with Crippen molar-refractivity contribution in [3.8, 4) is 0 Å². The third-order valence-electron chi connectivity index (χ3n) is 3.05. The Bertz CT molecular complexity index is 655. The minimum atomic E-state index is -0.514. The molecule has 0 spiro atoms. The van der Waals surface area contributed by atoms with Gasteiger partial charge in [0.15, 0.2) is 5.13 Å². The van der Waals surface area contributed by atoms with E-state index in [1.807, 2.05) is 32.5 Å². The van der Waals surface area contributed by atoms with E-state index in [2.05, 4.69) is 39.9 Å². The van der Waals surface area contributed by atoms with Crippen LogP contribution in [0.3, 0.4) is 0 Å². The van der Waals surface area contributed by atoms with Gasteiger partial charge in [0.2, 0.25) is 0 Å². The summed E-state index contributed by atoms with van der Waals surface area (Å²) in [5.41, 5.74) is 1.48. The first-order valence-corrected chi connectivity index (χ1v) is 8.57. The molecule has 7 heteroatoms. The van der Waals surface area contributed by atoms with Crippen molar-refractivity contribution < 1.29 is 9.53 Å². The number of carbonyl (C=O) groups excluding carboxylic acids is 1. The van der Waals surface area contributed by atoms with Crippen LogP contribution in [0.5, 0.6) is 0 Å². The summed E-state index contributed by atoms with van der Waals surface area (Å²) >= 11 is 1.40. The second-order valence-corrected chi connectivity index (χ2v) is 7.53. The summed E-state index contributed by atoms with van der Waals surface area (Å²) in [7, 11) is 0. The average Bonchev–Trinajstić information content (AvgIpc) is 3.02. The number of carbonyl (C=O) groups is 1. The van der Waals surface area contributed by atoms with Gasteiger partial charge in [-0.25, -0.2) is 14.8 Å². The first-order chi connectivity index (χ1) is 10.7. The van der Waals surface area contributed by atoms with Crippen LogP contribution in [0.2, 0.25) is 0 Å². The van der Waals surface area contributed by atoms with Crippen molar-refractivity contribution in [2.45, 2.75) is 59.1 Å². The van der Waals surface area contributed by atoms with E-state index in [1.54, 1.807) is 0 Å². The molecular formula is C16H24N4O2S. The highest BCUT2D eigenvalue weighted by molar-refractivity contribution is 7.13. The van der Waals surface area contributed by atoms with Crippen LogP contribution < -0.4 is 5.32 Å². The standard InChI is InChI=1S/C16H24N4O2S/c1-11(2)20-8-12(17-10-20)6-7-13-9-23-14(18-13)19-15(21)22-16(3,4)5/h8-11H,6-7H2,1-5H3,(H,18,19,21). The first-order valence-electron chi connectivity index (χ1n) is 7.69. The maximum Gasteiger partial charge on any atom is 0.413 e. The zero-order valence-corrected chi connectivity index (χ0v) is 15.1. The molecule has 2 aromatic heterocycles. The van der Waals surface area contributed by atoms with Crippen LogP contribution in [-0.4, -0.2) is 26.2 Å². The Morgan fingerprint density at radius 1 is 1.35 bits per heavy atom. The van der Waals surface area contributed by atoms with E-state index in [1.165, 1.54) is 11.3 Å². The van der Waals surface area contributed by atoms with Crippen LogP contribution in [0.15, 0.2) is 17.9 Å². The molecule has 2 heterocycles. The zero-order valence-electron chi connectivity index (χ0n) is 14.3. The number of hydrogen-bond acceptors (Lipinski definition) is 5. The molecule has 0 atom stereocenters. The van der Waals surface area contributed by atoms with Gasteiger partial charge in [-0.15, -0.1) is 11.3 Å². The van der Waals surface area contributed by atoms with Gasteiger partial charge < -0.3 is 9.30 Å². The molecule has 0 bridgehead atoms. The van der Waals surface area contributed by atoms with Crippen molar-refractivity contribution >= 4 is 22.6 Å². The fraction of sp³-hybridized carbons (Fsp3) is 0.562. The summed E-state index contributed by atoms with van der Waals surface area (Å²) in [4.78, 5) is 20.5. The number of aromatic nitrogens is 3. The largest absolute Gasteiger partial charge is 0.444 e. The van der Waals surface area contributed by atoms with E-state index in [0.29, 0.717) is 11.2 Å². The Kier molecular flexibility index (Phi) is 5.41. The Balaban J connectivity index is 1.85. The highest BCUT2D eigenvalue weighted by atomic mass is 32.1. The second kappa shape index (κ2) is 7.12. The van der Waals surface area contributed by atoms with Gasteiger partial charge >= 0.3 is 6.09 Å². The normalized spacial score (nSPS) is 11.7. The molecule has 0 unspecified atom stereocenters. The van der Waals surface area contributed by atoms with Crippen LogP contribution in [0.4, 0.5) is 9.93 Å². The Hall–Kier alpha value is -1.89. The lowest BCUT2D eigenvalue weighted by Gasteiger charge is -2.18. The van der Waals surface area contributed by atoms with Gasteiger partial charge in [-0.1, -0.05) is 0 Å². The van der Waals surface area contributed by atoms with Gasteiger partial charge in [0.25, 0.3) is 0 Å². The number of hydrogen-bond donors (Lipinski definition) is 1. The number of ether oxygens (including phenoxy) is 1. The zero-order chi connectivity index (χ0) is 17.0. The molecule has 0 aliphatic rings. The maximum absolute atomic E-state index is 11.7. The molecule has 2 aromatic rings. The van der Waals surface area contributed by atoms with Gasteiger partial charge in [0.1, 0.15) is 5.60 Å². The lowest BCUT2D eigenvalue weighted by atomic mass is 10.2. The number of rotatable bonds is 5. The van der Waals surface area contributed by atoms with Crippen molar-refractivity contribution in [1.29, 1.82) is 0 Å². The Morgan fingerprint density at radius 3 is 2.65 bits per heavy atom. The van der Waals surface area contributed by atoms with E-state index >= 15 is 0 Å². The van der Waals surface area contributed by atoms with E-state index in [-0.39, 0.29) is 0 Å². The Labute approximate surface area is 140 Å². The molecule has 23 heavy (non-hydrogen) atoms. The Morgan fingerprint density at radius 2 is 2.04 bits per heavy atom. The highest BCUT2D eigenvalue weighted by Gasteiger charge is 2.17. The van der Waals surface area contributed by atoms with Crippen LogP contribution in [0, 0.1) is 0 Å². The quantitative estimate of drug-likeness (QED) is 0.894. The monoisotopic (exact) mass is 336 g/mol. The SMILES string of the molecule is CC(C)n1cnc(CCc2csc(NC(=O)OC(C)(C)C)n2)c1. The van der Waals surface area contributed by atoms with Crippen LogP contribution in [-0.2, 0) is 17.6 Å². The highest BCUT2D eigenvalue weighted by Crippen LogP contribution is 2.18. The van der Waals surface area contributed by atoms with Gasteiger partial charge in [-0.3, -0.25) is 5.32 Å². The first kappa shape index (κ1) is 17.5. The van der Waals surface area contributed by atoms with Gasteiger partial charge in [0, 0.05) is 17.6 Å². The molecule has 126 valence electrons. The third kappa shape index (κ3) is 5.67. The molecular weight excluding hydrogens is 312 g/mol. The molecule has 6 nitrogen and oxygen atoms in total. The number of imidazole rings is 1. The number of thiazole rings is 1. The van der Waals surface area contributed by atoms with Gasteiger partial charge in [0.05, 0.1) is 17.7 Å². The fourth-order valence-corrected chi connectivity index (χ4v) is 2.65. The topological polar surface area (TPSA) is 69.0 Å². The number of nitrogens with zero attached hydrogens (tertiary/aromatic N) is 3. The number of anilines is 1. The van der Waals surface area contributed by atoms with E-state index in [0.717, 1.165) is 24.2 Å². The molecule has 0 aliphatic heterocycles. The van der Waals surface area contributed by atoms with Crippen LogP contribution in [0.1, 0.15) is 52.0 Å². The predicted octanol–water partition coefficient (Wildman–Crippen LogP) is 4.05. The predicted molar refractivity (Wildman–Crippen MR) is 92.0 cm³/mol.